The Morgan fingerprint density at radius 2 is 2.13 bits per heavy atom. The van der Waals surface area contributed by atoms with Crippen LogP contribution in [0, 0.1) is 0 Å². The second-order valence-electron chi connectivity index (χ2n) is 4.40. The van der Waals surface area contributed by atoms with Crippen LogP contribution in [0.3, 0.4) is 0 Å². The Morgan fingerprint density at radius 3 is 2.67 bits per heavy atom. The number of hydrogen-bond acceptors (Lipinski definition) is 4. The van der Waals surface area contributed by atoms with Crippen molar-refractivity contribution in [1.29, 1.82) is 0 Å². The third-order valence-corrected chi connectivity index (χ3v) is 1.94. The van der Waals surface area contributed by atoms with E-state index in [4.69, 9.17) is 0 Å². The van der Waals surface area contributed by atoms with Crippen LogP contribution in [0.5, 0.6) is 0 Å². The molecule has 0 aromatic carbocycles. The first-order valence-corrected chi connectivity index (χ1v) is 4.81. The van der Waals surface area contributed by atoms with E-state index in [9.17, 15) is 0 Å². The second-order valence-corrected chi connectivity index (χ2v) is 4.40. The molecule has 2 heterocycles. The zero-order valence-electron chi connectivity index (χ0n) is 9.12. The molecule has 0 N–H and O–H groups in total. The van der Waals surface area contributed by atoms with Crippen molar-refractivity contribution >= 4 is 0 Å². The lowest BCUT2D eigenvalue weighted by atomic mass is 10.1. The van der Waals surface area contributed by atoms with Crippen LogP contribution in [0.2, 0.25) is 0 Å². The molecule has 6 heteroatoms. The number of tetrazole rings is 1. The molecule has 0 saturated carbocycles. The Morgan fingerprint density at radius 1 is 1.33 bits per heavy atom. The van der Waals surface area contributed by atoms with Crippen molar-refractivity contribution in [2.45, 2.75) is 32.9 Å². The van der Waals surface area contributed by atoms with E-state index < -0.39 is 0 Å². The van der Waals surface area contributed by atoms with Crippen LogP contribution in [0.1, 0.15) is 26.6 Å². The SMILES string of the molecule is CC(C)(C)n1nnc(Cn2ccnc2)n1. The Balaban J connectivity index is 2.15. The summed E-state index contributed by atoms with van der Waals surface area (Å²) < 4.78 is 1.91. The van der Waals surface area contributed by atoms with Gasteiger partial charge in [0.05, 0.1) is 18.4 Å². The van der Waals surface area contributed by atoms with E-state index in [0.29, 0.717) is 12.4 Å². The number of rotatable bonds is 2. The maximum absolute atomic E-state index is 4.30. The normalized spacial score (nSPS) is 11.9. The summed E-state index contributed by atoms with van der Waals surface area (Å²) in [6.07, 6.45) is 5.34. The van der Waals surface area contributed by atoms with Gasteiger partial charge >= 0.3 is 0 Å². The summed E-state index contributed by atoms with van der Waals surface area (Å²) in [4.78, 5) is 5.58. The van der Waals surface area contributed by atoms with Gasteiger partial charge in [-0.1, -0.05) is 0 Å². The fourth-order valence-electron chi connectivity index (χ4n) is 1.13. The number of nitrogens with zero attached hydrogens (tertiary/aromatic N) is 6. The van der Waals surface area contributed by atoms with E-state index in [1.165, 1.54) is 0 Å². The molecule has 0 fully saturated rings. The topological polar surface area (TPSA) is 61.4 Å². The van der Waals surface area contributed by atoms with Gasteiger partial charge in [-0.05, 0) is 26.0 Å². The summed E-state index contributed by atoms with van der Waals surface area (Å²) in [6, 6.07) is 0. The summed E-state index contributed by atoms with van der Waals surface area (Å²) in [5.41, 5.74) is -0.125. The van der Waals surface area contributed by atoms with Crippen molar-refractivity contribution in [2.24, 2.45) is 0 Å². The molecule has 0 bridgehead atoms. The highest BCUT2D eigenvalue weighted by atomic mass is 15.6. The third-order valence-electron chi connectivity index (χ3n) is 1.94. The van der Waals surface area contributed by atoms with Gasteiger partial charge in [-0.15, -0.1) is 10.2 Å². The maximum Gasteiger partial charge on any atom is 0.194 e. The minimum atomic E-state index is -0.125. The fraction of sp³-hybridized carbons (Fsp3) is 0.556. The average Bonchev–Trinajstić information content (AvgIpc) is 2.73. The molecule has 0 aliphatic rings. The van der Waals surface area contributed by atoms with Crippen LogP contribution in [0.25, 0.3) is 0 Å². The van der Waals surface area contributed by atoms with Gasteiger partial charge in [-0.25, -0.2) is 4.98 Å². The lowest BCUT2D eigenvalue weighted by molar-refractivity contribution is 0.305. The smallest absolute Gasteiger partial charge is 0.194 e. The molecule has 2 rings (SSSR count). The van der Waals surface area contributed by atoms with Gasteiger partial charge in [-0.3, -0.25) is 0 Å². The summed E-state index contributed by atoms with van der Waals surface area (Å²) in [5.74, 6) is 0.697. The molecule has 6 nitrogen and oxygen atoms in total. The summed E-state index contributed by atoms with van der Waals surface area (Å²) in [6.45, 7) is 6.72. The van der Waals surface area contributed by atoms with Gasteiger partial charge in [0.2, 0.25) is 0 Å². The van der Waals surface area contributed by atoms with E-state index in [-0.39, 0.29) is 5.54 Å². The minimum absolute atomic E-state index is 0.125. The molecule has 0 atom stereocenters. The molecule has 0 spiro atoms. The molecule has 0 amide bonds. The summed E-state index contributed by atoms with van der Waals surface area (Å²) in [5, 5.41) is 12.3. The highest BCUT2D eigenvalue weighted by Crippen LogP contribution is 2.09. The third kappa shape index (κ3) is 2.20. The Kier molecular flexibility index (Phi) is 2.26. The standard InChI is InChI=1S/C9H14N6/c1-9(2,3)15-12-8(11-13-15)6-14-5-4-10-7-14/h4-5,7H,6H2,1-3H3. The molecule has 80 valence electrons. The molecule has 2 aromatic heterocycles. The van der Waals surface area contributed by atoms with E-state index in [2.05, 4.69) is 20.4 Å². The van der Waals surface area contributed by atoms with Gasteiger partial charge in [0.25, 0.3) is 0 Å². The second kappa shape index (κ2) is 3.45. The monoisotopic (exact) mass is 206 g/mol. The Bertz CT molecular complexity index is 422. The van der Waals surface area contributed by atoms with Gasteiger partial charge < -0.3 is 4.57 Å². The van der Waals surface area contributed by atoms with E-state index >= 15 is 0 Å². The highest BCUT2D eigenvalue weighted by Gasteiger charge is 2.16. The molecule has 0 aliphatic heterocycles. The van der Waals surface area contributed by atoms with Crippen LogP contribution in [0.15, 0.2) is 18.7 Å². The number of aromatic nitrogens is 6. The van der Waals surface area contributed by atoms with Crippen LogP contribution < -0.4 is 0 Å². The first-order chi connectivity index (χ1) is 7.05. The van der Waals surface area contributed by atoms with Crippen molar-refractivity contribution in [1.82, 2.24) is 29.8 Å². The largest absolute Gasteiger partial charge is 0.330 e. The summed E-state index contributed by atoms with van der Waals surface area (Å²) in [7, 11) is 0. The zero-order chi connectivity index (χ0) is 10.9. The molecule has 0 radical (unpaired) electrons. The first kappa shape index (κ1) is 9.82. The molecular weight excluding hydrogens is 192 g/mol. The Hall–Kier alpha value is -1.72. The van der Waals surface area contributed by atoms with E-state index in [1.807, 2.05) is 31.5 Å². The first-order valence-electron chi connectivity index (χ1n) is 4.81. The maximum atomic E-state index is 4.30. The van der Waals surface area contributed by atoms with Crippen LogP contribution in [0.4, 0.5) is 0 Å². The van der Waals surface area contributed by atoms with Crippen LogP contribution >= 0.6 is 0 Å². The number of imidazole rings is 1. The van der Waals surface area contributed by atoms with Crippen molar-refractivity contribution in [3.05, 3.63) is 24.5 Å². The lowest BCUT2D eigenvalue weighted by Crippen LogP contribution is -2.24. The van der Waals surface area contributed by atoms with Crippen molar-refractivity contribution in [3.8, 4) is 0 Å². The van der Waals surface area contributed by atoms with Gasteiger partial charge in [0, 0.05) is 12.4 Å². The number of hydrogen-bond donors (Lipinski definition) is 0. The van der Waals surface area contributed by atoms with Crippen molar-refractivity contribution in [2.75, 3.05) is 0 Å². The predicted molar refractivity (Wildman–Crippen MR) is 54.1 cm³/mol. The fourth-order valence-corrected chi connectivity index (χ4v) is 1.13. The van der Waals surface area contributed by atoms with Crippen molar-refractivity contribution < 1.29 is 0 Å². The molecule has 0 aliphatic carbocycles. The molecular formula is C9H14N6. The molecule has 15 heavy (non-hydrogen) atoms. The van der Waals surface area contributed by atoms with Crippen LogP contribution in [-0.4, -0.2) is 29.8 Å². The molecule has 0 unspecified atom stereocenters. The van der Waals surface area contributed by atoms with Gasteiger partial charge in [-0.2, -0.15) is 4.80 Å². The quantitative estimate of drug-likeness (QED) is 0.724. The minimum Gasteiger partial charge on any atom is -0.330 e. The van der Waals surface area contributed by atoms with Crippen molar-refractivity contribution in [3.63, 3.8) is 0 Å². The lowest BCUT2D eigenvalue weighted by Gasteiger charge is -2.15. The van der Waals surface area contributed by atoms with Gasteiger partial charge in [0.1, 0.15) is 0 Å². The highest BCUT2D eigenvalue weighted by molar-refractivity contribution is 4.84. The van der Waals surface area contributed by atoms with E-state index in [1.54, 1.807) is 17.3 Å². The molecule has 2 aromatic rings. The van der Waals surface area contributed by atoms with E-state index in [0.717, 1.165) is 0 Å². The van der Waals surface area contributed by atoms with Gasteiger partial charge in [0.15, 0.2) is 5.82 Å². The Labute approximate surface area is 87.9 Å². The zero-order valence-corrected chi connectivity index (χ0v) is 9.12. The van der Waals surface area contributed by atoms with Crippen LogP contribution in [-0.2, 0) is 12.1 Å². The molecule has 0 saturated heterocycles. The predicted octanol–water partition coefficient (Wildman–Crippen LogP) is 0.673. The average molecular weight is 206 g/mol. The summed E-state index contributed by atoms with van der Waals surface area (Å²) >= 11 is 0.